The highest BCUT2D eigenvalue weighted by Crippen LogP contribution is 2.34. The number of ketones is 1. The van der Waals surface area contributed by atoms with Crippen molar-refractivity contribution >= 4 is 29.7 Å². The van der Waals surface area contributed by atoms with E-state index in [0.29, 0.717) is 4.88 Å². The Hall–Kier alpha value is -1.71. The second-order valence-electron chi connectivity index (χ2n) is 3.22. The van der Waals surface area contributed by atoms with Gasteiger partial charge in [-0.15, -0.1) is 24.0 Å². The molecule has 0 amide bonds. The van der Waals surface area contributed by atoms with Crippen LogP contribution in [0, 0.1) is 11.3 Å². The molecular formula is C11H7N3OS2. The van der Waals surface area contributed by atoms with Gasteiger partial charge in [-0.3, -0.25) is 4.79 Å². The van der Waals surface area contributed by atoms with Crippen LogP contribution in [-0.4, -0.2) is 15.8 Å². The zero-order valence-electron chi connectivity index (χ0n) is 8.57. The van der Waals surface area contributed by atoms with E-state index in [9.17, 15) is 10.1 Å². The molecule has 4 nitrogen and oxygen atoms in total. The average Bonchev–Trinajstić information content (AvgIpc) is 2.92. The van der Waals surface area contributed by atoms with Crippen LogP contribution in [0.4, 0.5) is 0 Å². The molecule has 1 atom stereocenters. The average molecular weight is 261 g/mol. The standard InChI is InChI=1S/C11H7N3OS2/c12-6-11(16,9-2-1-5-17-9)10(15)8-3-4-13-7-14-8/h1-5,7,16H. The summed E-state index contributed by atoms with van der Waals surface area (Å²) in [5.74, 6) is -0.437. The number of rotatable bonds is 3. The minimum Gasteiger partial charge on any atom is -0.289 e. The number of carbonyl (C=O) groups excluding carboxylic acids is 1. The van der Waals surface area contributed by atoms with Gasteiger partial charge in [0.15, 0.2) is 4.75 Å². The fraction of sp³-hybridized carbons (Fsp3) is 0.0909. The van der Waals surface area contributed by atoms with Crippen LogP contribution in [-0.2, 0) is 4.75 Å². The number of thiol groups is 1. The van der Waals surface area contributed by atoms with Crippen LogP contribution in [0.2, 0.25) is 0 Å². The topological polar surface area (TPSA) is 66.6 Å². The molecule has 0 aromatic carbocycles. The largest absolute Gasteiger partial charge is 0.289 e. The molecule has 0 aliphatic carbocycles. The quantitative estimate of drug-likeness (QED) is 0.678. The molecule has 0 saturated heterocycles. The van der Waals surface area contributed by atoms with Crippen molar-refractivity contribution in [3.8, 4) is 6.07 Å². The van der Waals surface area contributed by atoms with Gasteiger partial charge in [-0.1, -0.05) is 6.07 Å². The first-order valence-electron chi connectivity index (χ1n) is 4.67. The van der Waals surface area contributed by atoms with Gasteiger partial charge in [0, 0.05) is 11.1 Å². The maximum atomic E-state index is 12.2. The molecule has 2 heterocycles. The molecule has 17 heavy (non-hydrogen) atoms. The van der Waals surface area contributed by atoms with Crippen molar-refractivity contribution in [2.75, 3.05) is 0 Å². The summed E-state index contributed by atoms with van der Waals surface area (Å²) in [4.78, 5) is 20.4. The van der Waals surface area contributed by atoms with Gasteiger partial charge in [-0.25, -0.2) is 9.97 Å². The highest BCUT2D eigenvalue weighted by atomic mass is 32.1. The maximum Gasteiger partial charge on any atom is 0.216 e. The van der Waals surface area contributed by atoms with Crippen LogP contribution < -0.4 is 0 Å². The van der Waals surface area contributed by atoms with Crippen LogP contribution in [0.25, 0.3) is 0 Å². The molecule has 0 bridgehead atoms. The van der Waals surface area contributed by atoms with Crippen LogP contribution in [0.3, 0.4) is 0 Å². The summed E-state index contributed by atoms with van der Waals surface area (Å²) in [5.41, 5.74) is 0.185. The van der Waals surface area contributed by atoms with Gasteiger partial charge in [0.25, 0.3) is 0 Å². The third-order valence-corrected chi connectivity index (χ3v) is 3.87. The smallest absolute Gasteiger partial charge is 0.216 e. The fourth-order valence-electron chi connectivity index (χ4n) is 1.31. The third kappa shape index (κ3) is 2.07. The Morgan fingerprint density at radius 3 is 2.88 bits per heavy atom. The maximum absolute atomic E-state index is 12.2. The lowest BCUT2D eigenvalue weighted by molar-refractivity contribution is 0.0962. The predicted octanol–water partition coefficient (Wildman–Crippen LogP) is 2.07. The van der Waals surface area contributed by atoms with E-state index in [1.165, 1.54) is 29.9 Å². The van der Waals surface area contributed by atoms with Gasteiger partial charge < -0.3 is 0 Å². The first-order chi connectivity index (χ1) is 8.18. The van der Waals surface area contributed by atoms with Gasteiger partial charge in [0.2, 0.25) is 5.78 Å². The molecule has 0 radical (unpaired) electrons. The predicted molar refractivity (Wildman–Crippen MR) is 67.0 cm³/mol. The third-order valence-electron chi connectivity index (χ3n) is 2.18. The molecule has 0 N–H and O–H groups in total. The molecule has 84 valence electrons. The van der Waals surface area contributed by atoms with Crippen molar-refractivity contribution in [2.24, 2.45) is 0 Å². The van der Waals surface area contributed by atoms with Gasteiger partial charge in [0.1, 0.15) is 12.0 Å². The highest BCUT2D eigenvalue weighted by Gasteiger charge is 2.39. The molecule has 2 aromatic rings. The van der Waals surface area contributed by atoms with E-state index in [-0.39, 0.29) is 5.69 Å². The van der Waals surface area contributed by atoms with Gasteiger partial charge >= 0.3 is 0 Å². The van der Waals surface area contributed by atoms with Crippen molar-refractivity contribution in [3.05, 3.63) is 46.7 Å². The first-order valence-corrected chi connectivity index (χ1v) is 5.99. The van der Waals surface area contributed by atoms with Crippen molar-refractivity contribution in [1.29, 1.82) is 5.26 Å². The first kappa shape index (κ1) is 11.8. The van der Waals surface area contributed by atoms with Crippen LogP contribution in [0.5, 0.6) is 0 Å². The fourth-order valence-corrected chi connectivity index (χ4v) is 2.43. The molecule has 6 heteroatoms. The van der Waals surface area contributed by atoms with Gasteiger partial charge in [0.05, 0.1) is 6.07 Å². The minimum absolute atomic E-state index is 0.185. The SMILES string of the molecule is N#CC(S)(C(=O)c1ccncn1)c1cccs1. The molecule has 0 fully saturated rings. The Morgan fingerprint density at radius 1 is 1.53 bits per heavy atom. The summed E-state index contributed by atoms with van der Waals surface area (Å²) in [6, 6.07) is 6.90. The summed E-state index contributed by atoms with van der Waals surface area (Å²) >= 11 is 5.53. The number of Topliss-reactive ketones (excluding diaryl/α,β-unsaturated/α-hetero) is 1. The van der Waals surface area contributed by atoms with Gasteiger partial charge in [-0.2, -0.15) is 5.26 Å². The van der Waals surface area contributed by atoms with Crippen LogP contribution >= 0.6 is 24.0 Å². The van der Waals surface area contributed by atoms with E-state index in [1.807, 2.05) is 6.07 Å². The van der Waals surface area contributed by atoms with E-state index < -0.39 is 10.5 Å². The zero-order valence-corrected chi connectivity index (χ0v) is 10.3. The summed E-state index contributed by atoms with van der Waals surface area (Å²) in [6.45, 7) is 0. The molecule has 2 rings (SSSR count). The van der Waals surface area contributed by atoms with E-state index in [4.69, 9.17) is 0 Å². The lowest BCUT2D eigenvalue weighted by Gasteiger charge is -2.16. The number of thiophene rings is 1. The normalized spacial score (nSPS) is 13.6. The lowest BCUT2D eigenvalue weighted by Crippen LogP contribution is -2.28. The summed E-state index contributed by atoms with van der Waals surface area (Å²) < 4.78 is -1.48. The van der Waals surface area contributed by atoms with E-state index >= 15 is 0 Å². The number of nitrogens with zero attached hydrogens (tertiary/aromatic N) is 3. The summed E-state index contributed by atoms with van der Waals surface area (Å²) in [5, 5.41) is 11.0. The molecule has 1 unspecified atom stereocenters. The van der Waals surface area contributed by atoms with Crippen LogP contribution in [0.15, 0.2) is 36.1 Å². The van der Waals surface area contributed by atoms with E-state index in [0.717, 1.165) is 0 Å². The Bertz CT molecular complexity index is 562. The lowest BCUT2D eigenvalue weighted by atomic mass is 10.00. The van der Waals surface area contributed by atoms with E-state index in [1.54, 1.807) is 17.5 Å². The number of nitriles is 1. The monoisotopic (exact) mass is 261 g/mol. The molecule has 2 aromatic heterocycles. The Labute approximate surface area is 107 Å². The molecule has 0 spiro atoms. The molecule has 0 aliphatic heterocycles. The number of hydrogen-bond donors (Lipinski definition) is 1. The molecule has 0 saturated carbocycles. The molecular weight excluding hydrogens is 254 g/mol. The Kier molecular flexibility index (Phi) is 3.22. The minimum atomic E-state index is -1.48. The second kappa shape index (κ2) is 4.65. The van der Waals surface area contributed by atoms with E-state index in [2.05, 4.69) is 22.6 Å². The number of carbonyl (C=O) groups is 1. The van der Waals surface area contributed by atoms with Crippen molar-refractivity contribution < 1.29 is 4.79 Å². The summed E-state index contributed by atoms with van der Waals surface area (Å²) in [7, 11) is 0. The van der Waals surface area contributed by atoms with Crippen LogP contribution in [0.1, 0.15) is 15.4 Å². The summed E-state index contributed by atoms with van der Waals surface area (Å²) in [6.07, 6.45) is 2.73. The number of hydrogen-bond acceptors (Lipinski definition) is 6. The van der Waals surface area contributed by atoms with Crippen molar-refractivity contribution in [1.82, 2.24) is 9.97 Å². The van der Waals surface area contributed by atoms with Gasteiger partial charge in [-0.05, 0) is 17.5 Å². The van der Waals surface area contributed by atoms with Crippen molar-refractivity contribution in [3.63, 3.8) is 0 Å². The molecule has 0 aliphatic rings. The second-order valence-corrected chi connectivity index (χ2v) is 4.84. The van der Waals surface area contributed by atoms with Crippen molar-refractivity contribution in [2.45, 2.75) is 4.75 Å². The highest BCUT2D eigenvalue weighted by molar-refractivity contribution is 7.82. The zero-order chi connectivity index (χ0) is 12.3. The Balaban J connectivity index is 2.45. The Morgan fingerprint density at radius 2 is 2.35 bits per heavy atom. The number of aromatic nitrogens is 2.